The van der Waals surface area contributed by atoms with E-state index in [1.165, 1.54) is 6.42 Å². The quantitative estimate of drug-likeness (QED) is 0.874. The van der Waals surface area contributed by atoms with E-state index in [0.717, 1.165) is 50.3 Å². The topological polar surface area (TPSA) is 41.6 Å². The van der Waals surface area contributed by atoms with Crippen LogP contribution in [0.1, 0.15) is 52.5 Å². The van der Waals surface area contributed by atoms with Gasteiger partial charge in [0.05, 0.1) is 12.0 Å². The molecule has 0 bridgehead atoms. The van der Waals surface area contributed by atoms with Crippen LogP contribution in [-0.2, 0) is 10.2 Å². The van der Waals surface area contributed by atoms with Crippen molar-refractivity contribution < 1.29 is 9.53 Å². The lowest BCUT2D eigenvalue weighted by molar-refractivity contribution is -0.138. The van der Waals surface area contributed by atoms with Crippen LogP contribution in [0.15, 0.2) is 24.3 Å². The highest BCUT2D eigenvalue weighted by molar-refractivity contribution is 5.87. The number of benzene rings is 1. The minimum absolute atomic E-state index is 0.245. The van der Waals surface area contributed by atoms with Crippen LogP contribution < -0.4 is 10.1 Å². The molecular formula is C22H34N2O2. The Balaban J connectivity index is 1.62. The van der Waals surface area contributed by atoms with Crippen LogP contribution in [0, 0.1) is 11.3 Å². The first-order valence-electron chi connectivity index (χ1n) is 10.1. The smallest absolute Gasteiger partial charge is 0.232 e. The van der Waals surface area contributed by atoms with Crippen molar-refractivity contribution in [3.05, 3.63) is 29.8 Å². The van der Waals surface area contributed by atoms with Crippen molar-refractivity contribution in [2.24, 2.45) is 11.3 Å². The van der Waals surface area contributed by atoms with E-state index in [1.807, 2.05) is 38.1 Å². The lowest BCUT2D eigenvalue weighted by Crippen LogP contribution is -2.49. The molecule has 4 nitrogen and oxygen atoms in total. The van der Waals surface area contributed by atoms with Crippen LogP contribution in [0.25, 0.3) is 0 Å². The average Bonchev–Trinajstić information content (AvgIpc) is 3.08. The van der Waals surface area contributed by atoms with Gasteiger partial charge in [-0.2, -0.15) is 0 Å². The molecule has 0 radical (unpaired) electrons. The summed E-state index contributed by atoms with van der Waals surface area (Å²) in [6.07, 6.45) is 3.52. The van der Waals surface area contributed by atoms with Gasteiger partial charge in [-0.3, -0.25) is 4.79 Å². The van der Waals surface area contributed by atoms with Crippen molar-refractivity contribution in [3.63, 3.8) is 0 Å². The molecule has 1 amide bonds. The average molecular weight is 359 g/mol. The lowest BCUT2D eigenvalue weighted by Gasteiger charge is -2.41. The number of nitrogens with zero attached hydrogens (tertiary/aromatic N) is 1. The lowest BCUT2D eigenvalue weighted by atomic mass is 9.76. The molecule has 1 spiro atoms. The summed E-state index contributed by atoms with van der Waals surface area (Å²) in [6.45, 7) is 13.1. The summed E-state index contributed by atoms with van der Waals surface area (Å²) in [6, 6.07) is 8.06. The molecule has 1 N–H and O–H groups in total. The number of hydrogen-bond acceptors (Lipinski definition) is 3. The highest BCUT2D eigenvalue weighted by Gasteiger charge is 2.41. The molecule has 26 heavy (non-hydrogen) atoms. The molecule has 2 aliphatic rings. The summed E-state index contributed by atoms with van der Waals surface area (Å²) in [5.41, 5.74) is 0.993. The van der Waals surface area contributed by atoms with Crippen LogP contribution in [0.2, 0.25) is 0 Å². The number of hydrogen-bond donors (Lipinski definition) is 1. The summed E-state index contributed by atoms with van der Waals surface area (Å²) in [7, 11) is 0. The van der Waals surface area contributed by atoms with E-state index in [4.69, 9.17) is 4.74 Å². The van der Waals surface area contributed by atoms with E-state index in [-0.39, 0.29) is 5.91 Å². The fourth-order valence-electron chi connectivity index (χ4n) is 4.16. The third-order valence-corrected chi connectivity index (χ3v) is 6.14. The summed E-state index contributed by atoms with van der Waals surface area (Å²) in [4.78, 5) is 15.3. The highest BCUT2D eigenvalue weighted by atomic mass is 16.5. The Morgan fingerprint density at radius 2 is 1.85 bits per heavy atom. The molecule has 2 fully saturated rings. The second-order valence-corrected chi connectivity index (χ2v) is 9.07. The molecule has 4 heteroatoms. The number of carbonyl (C=O) groups excluding carboxylic acids is 1. The monoisotopic (exact) mass is 358 g/mol. The van der Waals surface area contributed by atoms with Crippen molar-refractivity contribution >= 4 is 5.91 Å². The highest BCUT2D eigenvalue weighted by Crippen LogP contribution is 2.38. The summed E-state index contributed by atoms with van der Waals surface area (Å²) < 4.78 is 5.76. The Morgan fingerprint density at radius 3 is 2.38 bits per heavy atom. The Morgan fingerprint density at radius 1 is 1.19 bits per heavy atom. The zero-order valence-electron chi connectivity index (χ0n) is 16.8. The molecule has 0 saturated carbocycles. The minimum atomic E-state index is -0.505. The molecular weight excluding hydrogens is 324 g/mol. The molecule has 2 saturated heterocycles. The van der Waals surface area contributed by atoms with Gasteiger partial charge in [-0.1, -0.05) is 26.0 Å². The number of likely N-dealkylation sites (tertiary alicyclic amines) is 1. The molecule has 2 heterocycles. The zero-order chi connectivity index (χ0) is 18.8. The number of carbonyl (C=O) groups is 1. The molecule has 0 atom stereocenters. The summed E-state index contributed by atoms with van der Waals surface area (Å²) >= 11 is 0. The third kappa shape index (κ3) is 4.06. The Hall–Kier alpha value is -1.55. The maximum Gasteiger partial charge on any atom is 0.232 e. The van der Waals surface area contributed by atoms with E-state index in [1.54, 1.807) is 0 Å². The fourth-order valence-corrected chi connectivity index (χ4v) is 4.16. The molecule has 2 aliphatic heterocycles. The van der Waals surface area contributed by atoms with Gasteiger partial charge in [0, 0.05) is 19.6 Å². The maximum absolute atomic E-state index is 13.2. The van der Waals surface area contributed by atoms with Crippen LogP contribution in [0.4, 0.5) is 0 Å². The number of amides is 1. The van der Waals surface area contributed by atoms with Gasteiger partial charge in [-0.15, -0.1) is 0 Å². The molecule has 0 aliphatic carbocycles. The van der Waals surface area contributed by atoms with E-state index >= 15 is 0 Å². The Labute approximate surface area is 158 Å². The van der Waals surface area contributed by atoms with Crippen molar-refractivity contribution in [1.82, 2.24) is 10.2 Å². The van der Waals surface area contributed by atoms with E-state index < -0.39 is 5.41 Å². The fraction of sp³-hybridized carbons (Fsp3) is 0.682. The molecule has 0 aromatic heterocycles. The van der Waals surface area contributed by atoms with Crippen LogP contribution in [0.3, 0.4) is 0 Å². The molecule has 1 aromatic carbocycles. The Kier molecular flexibility index (Phi) is 5.61. The zero-order valence-corrected chi connectivity index (χ0v) is 16.8. The van der Waals surface area contributed by atoms with E-state index in [0.29, 0.717) is 17.9 Å². The molecule has 0 unspecified atom stereocenters. The standard InChI is InChI=1S/C22H34N2O2/c1-17(2)15-26-19-7-5-18(6-8-19)21(3,4)20(25)24-13-10-22(11-14-24)9-12-23-16-22/h5-8,17,23H,9-16H2,1-4H3. The first kappa shape index (κ1) is 19.2. The van der Waals surface area contributed by atoms with Crippen LogP contribution >= 0.6 is 0 Å². The Bertz CT molecular complexity index is 606. The van der Waals surface area contributed by atoms with Gasteiger partial charge >= 0.3 is 0 Å². The molecule has 3 rings (SSSR count). The first-order valence-corrected chi connectivity index (χ1v) is 10.1. The van der Waals surface area contributed by atoms with Gasteiger partial charge in [0.25, 0.3) is 0 Å². The van der Waals surface area contributed by atoms with Crippen molar-refractivity contribution in [2.45, 2.75) is 52.4 Å². The number of ether oxygens (including phenoxy) is 1. The van der Waals surface area contributed by atoms with Gasteiger partial charge in [0.2, 0.25) is 5.91 Å². The second-order valence-electron chi connectivity index (χ2n) is 9.07. The number of rotatable bonds is 5. The van der Waals surface area contributed by atoms with Crippen molar-refractivity contribution in [2.75, 3.05) is 32.8 Å². The molecule has 144 valence electrons. The van der Waals surface area contributed by atoms with Gasteiger partial charge in [0.15, 0.2) is 0 Å². The van der Waals surface area contributed by atoms with E-state index in [2.05, 4.69) is 24.1 Å². The van der Waals surface area contributed by atoms with Crippen LogP contribution in [-0.4, -0.2) is 43.6 Å². The SMILES string of the molecule is CC(C)COc1ccc(C(C)(C)C(=O)N2CCC3(CCNC3)CC2)cc1. The second kappa shape index (κ2) is 7.59. The van der Waals surface area contributed by atoms with Crippen molar-refractivity contribution in [1.29, 1.82) is 0 Å². The first-order chi connectivity index (χ1) is 12.3. The summed E-state index contributed by atoms with van der Waals surface area (Å²) in [5, 5.41) is 3.49. The minimum Gasteiger partial charge on any atom is -0.493 e. The molecule has 1 aromatic rings. The van der Waals surface area contributed by atoms with Gasteiger partial charge < -0.3 is 15.0 Å². The number of nitrogens with one attached hydrogen (secondary N) is 1. The maximum atomic E-state index is 13.2. The predicted octanol–water partition coefficient (Wildman–Crippen LogP) is 3.60. The third-order valence-electron chi connectivity index (χ3n) is 6.14. The van der Waals surface area contributed by atoms with E-state index in [9.17, 15) is 4.79 Å². The summed E-state index contributed by atoms with van der Waals surface area (Å²) in [5.74, 6) is 1.62. The predicted molar refractivity (Wildman–Crippen MR) is 106 cm³/mol. The number of piperidine rings is 1. The van der Waals surface area contributed by atoms with Crippen molar-refractivity contribution in [3.8, 4) is 5.75 Å². The normalized spacial score (nSPS) is 20.0. The van der Waals surface area contributed by atoms with Crippen LogP contribution in [0.5, 0.6) is 5.75 Å². The van der Waals surface area contributed by atoms with Gasteiger partial charge in [-0.25, -0.2) is 0 Å². The van der Waals surface area contributed by atoms with Gasteiger partial charge in [-0.05, 0) is 68.7 Å². The largest absolute Gasteiger partial charge is 0.493 e. The van der Waals surface area contributed by atoms with Gasteiger partial charge in [0.1, 0.15) is 5.75 Å².